The van der Waals surface area contributed by atoms with E-state index in [4.69, 9.17) is 0 Å². The molecule has 0 bridgehead atoms. The predicted molar refractivity (Wildman–Crippen MR) is 214 cm³/mol. The van der Waals surface area contributed by atoms with Crippen molar-refractivity contribution in [2.45, 2.75) is 75.7 Å². The van der Waals surface area contributed by atoms with Crippen molar-refractivity contribution >= 4 is 28.0 Å². The second-order valence-electron chi connectivity index (χ2n) is 16.2. The van der Waals surface area contributed by atoms with Gasteiger partial charge in [0.05, 0.1) is 56.9 Å². The first-order valence-corrected chi connectivity index (χ1v) is 20.4. The van der Waals surface area contributed by atoms with Crippen molar-refractivity contribution in [1.29, 1.82) is 0 Å². The van der Waals surface area contributed by atoms with Crippen LogP contribution in [-0.4, -0.2) is 11.1 Å². The van der Waals surface area contributed by atoms with Gasteiger partial charge in [0, 0.05) is 12.0 Å². The first-order chi connectivity index (χ1) is 33.2. The molecular weight excluding hydrogens is 1050 g/mol. The summed E-state index contributed by atoms with van der Waals surface area (Å²) in [4.78, 5) is 4.18. The van der Waals surface area contributed by atoms with Crippen LogP contribution >= 0.6 is 0 Å². The molecule has 0 amide bonds. The van der Waals surface area contributed by atoms with Gasteiger partial charge in [-0.25, -0.2) is 0 Å². The summed E-state index contributed by atoms with van der Waals surface area (Å²) in [5.41, 5.74) is -27.6. The number of aromatic nitrogens is 2. The number of nitrogens with zero attached hydrogens (tertiary/aromatic N) is 2. The predicted octanol–water partition coefficient (Wildman–Crippen LogP) is 13.6. The lowest BCUT2D eigenvalue weighted by molar-refractivity contribution is -0.696. The van der Waals surface area contributed by atoms with Gasteiger partial charge in [0.15, 0.2) is 18.4 Å². The van der Waals surface area contributed by atoms with Crippen LogP contribution in [0.25, 0.3) is 0 Å². The Morgan fingerprint density at radius 3 is 0.877 bits per heavy atom. The Morgan fingerprint density at radius 1 is 0.384 bits per heavy atom. The van der Waals surface area contributed by atoms with Gasteiger partial charge in [-0.2, -0.15) is 132 Å². The van der Waals surface area contributed by atoms with Crippen molar-refractivity contribution < 1.29 is 110 Å². The minimum Gasteiger partial charge on any atom is -0.252 e. The molecule has 73 heavy (non-hydrogen) atoms. The van der Waals surface area contributed by atoms with Gasteiger partial charge in [0.25, 0.3) is 0 Å². The van der Waals surface area contributed by atoms with Crippen LogP contribution in [0.2, 0.25) is 0 Å². The maximum atomic E-state index is 14.2. The van der Waals surface area contributed by atoms with Crippen LogP contribution in [-0.2, 0) is 62.4 Å². The Bertz CT molecular complexity index is 2450. The SMILES string of the molecule is CCCc1cncc[n+]1Cc1ccccc1.FC(F)(F)c1cc([B-](c2cc(C(F)(F)F)cc(C(F)(F)F)c2)(c2cc(C(F)(F)F)cc(C(F)(F)F)c2)c2cc(C(F)(F)F)cc(C(F)(F)F)c2)cc(C(F)(F)F)c1. The van der Waals surface area contributed by atoms with Crippen LogP contribution in [0.5, 0.6) is 0 Å². The van der Waals surface area contributed by atoms with Gasteiger partial charge < -0.3 is 0 Å². The maximum absolute atomic E-state index is 14.2. The normalized spacial score (nSPS) is 13.4. The standard InChI is InChI=1S/C32H12BF24.C14H17N2/c34-25(35,36)13-1-14(26(37,38)39)6-21(5-13)33(22-7-15(27(40,41)42)2-16(8-22)28(43,44)45,23-9-17(29(46,47)48)3-18(10-23)30(49,50)51)24-11-19(31(52,53)54)4-20(12-24)32(55,56)57;1-2-6-14-11-15-9-10-16(14)12-13-7-4-3-5-8-13/h1-12H;3-5,7-11H,2,6,12H2,1H3/q-1;+1. The van der Waals surface area contributed by atoms with Crippen molar-refractivity contribution in [3.63, 3.8) is 0 Å². The molecule has 6 aromatic rings. The smallest absolute Gasteiger partial charge is 0.252 e. The number of hydrogen-bond donors (Lipinski definition) is 0. The zero-order chi connectivity index (χ0) is 55.1. The summed E-state index contributed by atoms with van der Waals surface area (Å²) in [5, 5.41) is 0. The highest BCUT2D eigenvalue weighted by Crippen LogP contribution is 2.41. The topological polar surface area (TPSA) is 16.8 Å². The molecule has 0 aliphatic rings. The first kappa shape index (κ1) is 57.5. The van der Waals surface area contributed by atoms with Gasteiger partial charge >= 0.3 is 49.4 Å². The van der Waals surface area contributed by atoms with Crippen molar-refractivity contribution in [2.24, 2.45) is 0 Å². The number of halogens is 24. The Hall–Kier alpha value is -6.44. The molecule has 394 valence electrons. The summed E-state index contributed by atoms with van der Waals surface area (Å²) in [7, 11) is 0. The molecule has 2 nitrogen and oxygen atoms in total. The third kappa shape index (κ3) is 13.6. The van der Waals surface area contributed by atoms with Crippen molar-refractivity contribution in [2.75, 3.05) is 0 Å². The number of benzene rings is 5. The number of rotatable bonds is 8. The summed E-state index contributed by atoms with van der Waals surface area (Å²) in [6.45, 7) is 3.12. The summed E-state index contributed by atoms with van der Waals surface area (Å²) in [5.74, 6) is 0. The second-order valence-corrected chi connectivity index (χ2v) is 16.2. The van der Waals surface area contributed by atoms with E-state index in [1.165, 1.54) is 11.3 Å². The van der Waals surface area contributed by atoms with E-state index in [2.05, 4.69) is 46.9 Å². The monoisotopic (exact) mass is 1080 g/mol. The lowest BCUT2D eigenvalue weighted by atomic mass is 9.12. The number of aryl methyl sites for hydroxylation is 1. The van der Waals surface area contributed by atoms with Crippen LogP contribution in [0.3, 0.4) is 0 Å². The summed E-state index contributed by atoms with van der Waals surface area (Å²) < 4.78 is 343. The van der Waals surface area contributed by atoms with E-state index < -0.39 is 195 Å². The van der Waals surface area contributed by atoms with Crippen LogP contribution in [0, 0.1) is 0 Å². The fraction of sp³-hybridized carbons (Fsp3) is 0.261. The van der Waals surface area contributed by atoms with E-state index in [-0.39, 0.29) is 0 Å². The largest absolute Gasteiger partial charge is 0.416 e. The molecule has 6 rings (SSSR count). The van der Waals surface area contributed by atoms with Gasteiger partial charge in [0.1, 0.15) is 6.15 Å². The van der Waals surface area contributed by atoms with E-state index in [1.807, 2.05) is 18.5 Å². The summed E-state index contributed by atoms with van der Waals surface area (Å²) in [6, 6.07) is 1.71. The lowest BCUT2D eigenvalue weighted by Crippen LogP contribution is -2.75. The molecule has 0 atom stereocenters. The zero-order valence-electron chi connectivity index (χ0n) is 36.2. The molecule has 0 unspecified atom stereocenters. The summed E-state index contributed by atoms with van der Waals surface area (Å²) >= 11 is 0. The molecule has 0 saturated heterocycles. The molecule has 0 radical (unpaired) electrons. The lowest BCUT2D eigenvalue weighted by Gasteiger charge is -2.46. The fourth-order valence-corrected chi connectivity index (χ4v) is 7.89. The maximum Gasteiger partial charge on any atom is 0.416 e. The van der Waals surface area contributed by atoms with Crippen LogP contribution in [0.1, 0.15) is 69.1 Å². The average Bonchev–Trinajstić information content (AvgIpc) is 3.25. The van der Waals surface area contributed by atoms with Crippen LogP contribution < -0.4 is 26.4 Å². The molecular formula is C46H29BF24N2. The van der Waals surface area contributed by atoms with E-state index >= 15 is 0 Å². The highest BCUT2D eigenvalue weighted by Gasteiger charge is 2.47. The third-order valence-corrected chi connectivity index (χ3v) is 11.1. The van der Waals surface area contributed by atoms with E-state index in [0.717, 1.165) is 19.4 Å². The van der Waals surface area contributed by atoms with Crippen molar-refractivity contribution in [3.05, 3.63) is 177 Å². The van der Waals surface area contributed by atoms with Gasteiger partial charge in [-0.1, -0.05) is 85.8 Å². The van der Waals surface area contributed by atoms with Crippen LogP contribution in [0.4, 0.5) is 105 Å². The number of hydrogen-bond acceptors (Lipinski definition) is 1. The molecule has 0 fully saturated rings. The van der Waals surface area contributed by atoms with Gasteiger partial charge in [-0.15, -0.1) is 0 Å². The Kier molecular flexibility index (Phi) is 15.8. The fourth-order valence-electron chi connectivity index (χ4n) is 7.89. The average molecular weight is 1080 g/mol. The molecule has 1 heterocycles. The molecule has 27 heteroatoms. The highest BCUT2D eigenvalue weighted by molar-refractivity contribution is 7.20. The number of alkyl halides is 24. The van der Waals surface area contributed by atoms with E-state index in [0.29, 0.717) is 0 Å². The first-order valence-electron chi connectivity index (χ1n) is 20.4. The minimum atomic E-state index is -6.13. The van der Waals surface area contributed by atoms with E-state index in [1.54, 1.807) is 0 Å². The Labute approximate surface area is 395 Å². The van der Waals surface area contributed by atoms with Crippen LogP contribution in [0.15, 0.2) is 122 Å². The molecule has 5 aromatic carbocycles. The molecule has 0 aliphatic carbocycles. The van der Waals surface area contributed by atoms with E-state index in [9.17, 15) is 105 Å². The minimum absolute atomic E-state index is 0.691. The van der Waals surface area contributed by atoms with Gasteiger partial charge in [0.2, 0.25) is 0 Å². The zero-order valence-corrected chi connectivity index (χ0v) is 36.2. The Morgan fingerprint density at radius 2 is 0.644 bits per heavy atom. The molecule has 1 aromatic heterocycles. The second kappa shape index (κ2) is 20.1. The molecule has 0 spiro atoms. The third-order valence-electron chi connectivity index (χ3n) is 11.1. The van der Waals surface area contributed by atoms with Gasteiger partial charge in [-0.05, 0) is 30.7 Å². The van der Waals surface area contributed by atoms with Crippen molar-refractivity contribution in [1.82, 2.24) is 4.98 Å². The quantitative estimate of drug-likeness (QED) is 0.0843. The molecule has 0 saturated carbocycles. The molecule has 0 N–H and O–H groups in total. The van der Waals surface area contributed by atoms with Gasteiger partial charge in [-0.3, -0.25) is 4.98 Å². The van der Waals surface area contributed by atoms with Crippen molar-refractivity contribution in [3.8, 4) is 0 Å². The molecule has 0 aliphatic heterocycles. The summed E-state index contributed by atoms with van der Waals surface area (Å²) in [6.07, 6.45) is -46.7. The highest BCUT2D eigenvalue weighted by atomic mass is 19.4. The Balaban J connectivity index is 0.000000520.